The standard InChI is InChI=1S/C14H19N3O4/c1-2-5-16-11-7-21-12-6-9(3-4-10(11)12)20-8-13(18)17-14(15)19/h3-4,6,11,16H,2,5,7-8H2,1H3,(H3,15,17,18,19). The molecule has 1 aromatic rings. The van der Waals surface area contributed by atoms with Crippen LogP contribution in [-0.2, 0) is 4.79 Å². The number of amides is 3. The Balaban J connectivity index is 1.93. The molecule has 1 unspecified atom stereocenters. The second kappa shape index (κ2) is 6.94. The van der Waals surface area contributed by atoms with E-state index in [1.165, 1.54) is 0 Å². The van der Waals surface area contributed by atoms with Gasteiger partial charge in [-0.05, 0) is 25.1 Å². The van der Waals surface area contributed by atoms with E-state index >= 15 is 0 Å². The van der Waals surface area contributed by atoms with Crippen molar-refractivity contribution in [3.8, 4) is 11.5 Å². The van der Waals surface area contributed by atoms with Crippen LogP contribution in [-0.4, -0.2) is 31.7 Å². The first-order chi connectivity index (χ1) is 10.1. The van der Waals surface area contributed by atoms with E-state index in [4.69, 9.17) is 15.2 Å². The highest BCUT2D eigenvalue weighted by molar-refractivity contribution is 5.94. The number of nitrogens with one attached hydrogen (secondary N) is 2. The van der Waals surface area contributed by atoms with E-state index in [-0.39, 0.29) is 12.6 Å². The number of fused-ring (bicyclic) bond motifs is 1. The Morgan fingerprint density at radius 3 is 3.00 bits per heavy atom. The number of hydrogen-bond donors (Lipinski definition) is 3. The number of imide groups is 1. The lowest BCUT2D eigenvalue weighted by Crippen LogP contribution is -2.38. The Morgan fingerprint density at radius 1 is 1.48 bits per heavy atom. The Hall–Kier alpha value is -2.28. The zero-order valence-electron chi connectivity index (χ0n) is 11.8. The molecule has 0 spiro atoms. The Bertz CT molecular complexity index is 533. The summed E-state index contributed by atoms with van der Waals surface area (Å²) in [5.74, 6) is 0.660. The largest absolute Gasteiger partial charge is 0.491 e. The van der Waals surface area contributed by atoms with E-state index in [9.17, 15) is 9.59 Å². The molecule has 1 atom stereocenters. The molecule has 21 heavy (non-hydrogen) atoms. The summed E-state index contributed by atoms with van der Waals surface area (Å²) in [5.41, 5.74) is 5.92. The normalized spacial score (nSPS) is 16.0. The Kier molecular flexibility index (Phi) is 4.99. The van der Waals surface area contributed by atoms with Crippen molar-refractivity contribution in [1.29, 1.82) is 0 Å². The molecule has 114 valence electrons. The van der Waals surface area contributed by atoms with E-state index in [0.717, 1.165) is 24.3 Å². The molecule has 2 rings (SSSR count). The fraction of sp³-hybridized carbons (Fsp3) is 0.429. The molecule has 0 bridgehead atoms. The molecular weight excluding hydrogens is 274 g/mol. The number of urea groups is 1. The predicted molar refractivity (Wildman–Crippen MR) is 76.2 cm³/mol. The quantitative estimate of drug-likeness (QED) is 0.716. The van der Waals surface area contributed by atoms with E-state index in [1.807, 2.05) is 11.4 Å². The topological polar surface area (TPSA) is 103 Å². The van der Waals surface area contributed by atoms with Crippen molar-refractivity contribution in [2.45, 2.75) is 19.4 Å². The summed E-state index contributed by atoms with van der Waals surface area (Å²) in [6.45, 7) is 3.34. The summed E-state index contributed by atoms with van der Waals surface area (Å²) in [6, 6.07) is 4.71. The lowest BCUT2D eigenvalue weighted by molar-refractivity contribution is -0.121. The van der Waals surface area contributed by atoms with Crippen LogP contribution < -0.4 is 25.8 Å². The number of benzene rings is 1. The highest BCUT2D eigenvalue weighted by Gasteiger charge is 2.23. The third-order valence-corrected chi connectivity index (χ3v) is 3.04. The predicted octanol–water partition coefficient (Wildman–Crippen LogP) is 0.693. The van der Waals surface area contributed by atoms with Crippen LogP contribution in [0.4, 0.5) is 4.79 Å². The molecule has 1 aliphatic heterocycles. The van der Waals surface area contributed by atoms with Gasteiger partial charge in [-0.25, -0.2) is 4.79 Å². The maximum atomic E-state index is 11.3. The fourth-order valence-electron chi connectivity index (χ4n) is 2.09. The average Bonchev–Trinajstić information content (AvgIpc) is 2.84. The van der Waals surface area contributed by atoms with Crippen LogP contribution in [0.15, 0.2) is 18.2 Å². The third kappa shape index (κ3) is 4.09. The summed E-state index contributed by atoms with van der Waals surface area (Å²) < 4.78 is 10.9. The van der Waals surface area contributed by atoms with Crippen molar-refractivity contribution in [2.24, 2.45) is 5.73 Å². The van der Waals surface area contributed by atoms with Gasteiger partial charge < -0.3 is 20.5 Å². The minimum atomic E-state index is -0.897. The van der Waals surface area contributed by atoms with E-state index < -0.39 is 11.9 Å². The second-order valence-electron chi connectivity index (χ2n) is 4.72. The molecule has 0 saturated carbocycles. The van der Waals surface area contributed by atoms with Crippen LogP contribution >= 0.6 is 0 Å². The van der Waals surface area contributed by atoms with Gasteiger partial charge in [0.05, 0.1) is 6.04 Å². The zero-order chi connectivity index (χ0) is 15.2. The van der Waals surface area contributed by atoms with Crippen LogP contribution in [0.25, 0.3) is 0 Å². The SMILES string of the molecule is CCCNC1COc2cc(OCC(=O)NC(N)=O)ccc21. The Labute approximate surface area is 122 Å². The molecule has 7 nitrogen and oxygen atoms in total. The molecule has 0 aromatic heterocycles. The maximum Gasteiger partial charge on any atom is 0.318 e. The highest BCUT2D eigenvalue weighted by Crippen LogP contribution is 2.35. The lowest BCUT2D eigenvalue weighted by Gasteiger charge is -2.11. The van der Waals surface area contributed by atoms with Crippen molar-refractivity contribution in [1.82, 2.24) is 10.6 Å². The molecule has 1 heterocycles. The Morgan fingerprint density at radius 2 is 2.29 bits per heavy atom. The molecule has 0 aliphatic carbocycles. The lowest BCUT2D eigenvalue weighted by atomic mass is 10.1. The van der Waals surface area contributed by atoms with Gasteiger partial charge in [-0.2, -0.15) is 0 Å². The number of nitrogens with two attached hydrogens (primary N) is 1. The first-order valence-electron chi connectivity index (χ1n) is 6.82. The monoisotopic (exact) mass is 293 g/mol. The van der Waals surface area contributed by atoms with Crippen molar-refractivity contribution in [2.75, 3.05) is 19.8 Å². The second-order valence-corrected chi connectivity index (χ2v) is 4.72. The number of hydrogen-bond acceptors (Lipinski definition) is 5. The molecule has 0 saturated heterocycles. The van der Waals surface area contributed by atoms with Crippen LogP contribution in [0.5, 0.6) is 11.5 Å². The summed E-state index contributed by atoms with van der Waals surface area (Å²) in [7, 11) is 0. The summed E-state index contributed by atoms with van der Waals surface area (Å²) in [6.07, 6.45) is 1.06. The summed E-state index contributed by atoms with van der Waals surface area (Å²) in [4.78, 5) is 21.8. The van der Waals surface area contributed by atoms with Crippen molar-refractivity contribution < 1.29 is 19.1 Å². The number of carbonyl (C=O) groups is 2. The molecule has 7 heteroatoms. The first kappa shape index (κ1) is 15.1. The van der Waals surface area contributed by atoms with Gasteiger partial charge in [0.2, 0.25) is 0 Å². The zero-order valence-corrected chi connectivity index (χ0v) is 11.8. The summed E-state index contributed by atoms with van der Waals surface area (Å²) in [5, 5.41) is 5.33. The van der Waals surface area contributed by atoms with Gasteiger partial charge in [0, 0.05) is 11.6 Å². The molecule has 4 N–H and O–H groups in total. The van der Waals surface area contributed by atoms with E-state index in [1.54, 1.807) is 12.1 Å². The maximum absolute atomic E-state index is 11.3. The number of primary amides is 1. The van der Waals surface area contributed by atoms with Gasteiger partial charge in [-0.15, -0.1) is 0 Å². The van der Waals surface area contributed by atoms with Gasteiger partial charge >= 0.3 is 6.03 Å². The van der Waals surface area contributed by atoms with Crippen LogP contribution in [0.2, 0.25) is 0 Å². The molecule has 0 fully saturated rings. The van der Waals surface area contributed by atoms with Gasteiger partial charge in [0.1, 0.15) is 18.1 Å². The summed E-state index contributed by atoms with van der Waals surface area (Å²) >= 11 is 0. The molecule has 1 aromatic carbocycles. The minimum Gasteiger partial charge on any atom is -0.491 e. The van der Waals surface area contributed by atoms with Gasteiger partial charge in [-0.3, -0.25) is 10.1 Å². The third-order valence-electron chi connectivity index (χ3n) is 3.04. The number of carbonyl (C=O) groups excluding carboxylic acids is 2. The van der Waals surface area contributed by atoms with Crippen LogP contribution in [0.1, 0.15) is 24.9 Å². The van der Waals surface area contributed by atoms with E-state index in [0.29, 0.717) is 12.4 Å². The van der Waals surface area contributed by atoms with Crippen molar-refractivity contribution in [3.63, 3.8) is 0 Å². The number of ether oxygens (including phenoxy) is 2. The fourth-order valence-corrected chi connectivity index (χ4v) is 2.09. The van der Waals surface area contributed by atoms with E-state index in [2.05, 4.69) is 12.2 Å². The van der Waals surface area contributed by atoms with Crippen molar-refractivity contribution >= 4 is 11.9 Å². The molecular formula is C14H19N3O4. The molecule has 0 radical (unpaired) electrons. The minimum absolute atomic E-state index is 0.187. The highest BCUT2D eigenvalue weighted by atomic mass is 16.5. The van der Waals surface area contributed by atoms with Crippen LogP contribution in [0, 0.1) is 0 Å². The average molecular weight is 293 g/mol. The van der Waals surface area contributed by atoms with Gasteiger partial charge in [0.25, 0.3) is 5.91 Å². The molecule has 1 aliphatic rings. The first-order valence-corrected chi connectivity index (χ1v) is 6.82. The van der Waals surface area contributed by atoms with Gasteiger partial charge in [0.15, 0.2) is 6.61 Å². The molecule has 3 amide bonds. The van der Waals surface area contributed by atoms with Crippen LogP contribution in [0.3, 0.4) is 0 Å². The van der Waals surface area contributed by atoms with Crippen molar-refractivity contribution in [3.05, 3.63) is 23.8 Å². The van der Waals surface area contributed by atoms with Gasteiger partial charge in [-0.1, -0.05) is 6.92 Å². The number of rotatable bonds is 6. The smallest absolute Gasteiger partial charge is 0.318 e.